The molecule has 1 aliphatic carbocycles. The largest absolute Gasteiger partial charge is 0.480 e. The van der Waals surface area contributed by atoms with Crippen LogP contribution in [0.5, 0.6) is 0 Å². The van der Waals surface area contributed by atoms with Gasteiger partial charge in [0.25, 0.3) is 0 Å². The Bertz CT molecular complexity index is 184. The quantitative estimate of drug-likeness (QED) is 0.681. The molecule has 13 heavy (non-hydrogen) atoms. The van der Waals surface area contributed by atoms with Crippen molar-refractivity contribution in [3.63, 3.8) is 0 Å². The maximum Gasteiger partial charge on any atom is 0.320 e. The Hall–Kier alpha value is -0.280. The number of hydrogen-bond donors (Lipinski definition) is 2. The van der Waals surface area contributed by atoms with Crippen molar-refractivity contribution in [2.24, 2.45) is 5.92 Å². The number of nitrogens with one attached hydrogen (secondary N) is 1. The molecule has 2 rings (SSSR count). The number of fused-ring (bicyclic) bond motifs is 1. The van der Waals surface area contributed by atoms with Gasteiger partial charge in [-0.3, -0.25) is 4.79 Å². The molecule has 2 N–H and O–H groups in total. The van der Waals surface area contributed by atoms with Crippen LogP contribution in [0.4, 0.5) is 0 Å². The van der Waals surface area contributed by atoms with Crippen molar-refractivity contribution in [2.45, 2.75) is 44.2 Å². The smallest absolute Gasteiger partial charge is 0.320 e. The predicted octanol–water partition coefficient (Wildman–Crippen LogP) is 1.41. The zero-order valence-electron chi connectivity index (χ0n) is 7.53. The normalized spacial score (nSPS) is 37.7. The number of carboxylic acids is 1. The molecule has 2 fully saturated rings. The number of carboxylic acid groups (broad SMARTS) is 1. The molecule has 3 nitrogen and oxygen atoms in total. The lowest BCUT2D eigenvalue weighted by Crippen LogP contribution is -2.36. The van der Waals surface area contributed by atoms with E-state index in [2.05, 4.69) is 5.32 Å². The second kappa shape index (κ2) is 4.29. The van der Waals surface area contributed by atoms with Crippen LogP contribution in [0.25, 0.3) is 0 Å². The molecule has 0 spiro atoms. The Labute approximate surface area is 84.3 Å². The summed E-state index contributed by atoms with van der Waals surface area (Å²) in [6.07, 6.45) is 5.80. The Morgan fingerprint density at radius 3 is 2.62 bits per heavy atom. The van der Waals surface area contributed by atoms with E-state index in [9.17, 15) is 4.79 Å². The van der Waals surface area contributed by atoms with E-state index in [1.54, 1.807) is 0 Å². The van der Waals surface area contributed by atoms with Crippen molar-refractivity contribution in [3.05, 3.63) is 0 Å². The molecule has 0 radical (unpaired) electrons. The van der Waals surface area contributed by atoms with Gasteiger partial charge in [-0.2, -0.15) is 0 Å². The number of hydrogen-bond acceptors (Lipinski definition) is 2. The third kappa shape index (κ3) is 2.15. The highest BCUT2D eigenvalue weighted by molar-refractivity contribution is 5.85. The van der Waals surface area contributed by atoms with E-state index in [-0.39, 0.29) is 18.4 Å². The summed E-state index contributed by atoms with van der Waals surface area (Å²) in [5.74, 6) is -0.0377. The minimum Gasteiger partial charge on any atom is -0.480 e. The molecule has 1 saturated heterocycles. The van der Waals surface area contributed by atoms with Gasteiger partial charge < -0.3 is 10.4 Å². The van der Waals surface area contributed by atoms with Gasteiger partial charge in [-0.1, -0.05) is 12.8 Å². The van der Waals surface area contributed by atoms with Gasteiger partial charge in [0.2, 0.25) is 0 Å². The second-order valence-corrected chi connectivity index (χ2v) is 3.94. The molecule has 1 heterocycles. The minimum absolute atomic E-state index is 0. The van der Waals surface area contributed by atoms with Crippen LogP contribution in [0.15, 0.2) is 0 Å². The fourth-order valence-electron chi connectivity index (χ4n) is 2.51. The molecule has 0 bridgehead atoms. The summed E-state index contributed by atoms with van der Waals surface area (Å²) in [6, 6.07) is 0.234. The van der Waals surface area contributed by atoms with Crippen LogP contribution < -0.4 is 5.32 Å². The van der Waals surface area contributed by atoms with Crippen molar-refractivity contribution < 1.29 is 9.90 Å². The fourth-order valence-corrected chi connectivity index (χ4v) is 2.51. The number of halogens is 1. The lowest BCUT2D eigenvalue weighted by atomic mass is 9.85. The molecule has 0 unspecified atom stereocenters. The van der Waals surface area contributed by atoms with Crippen molar-refractivity contribution >= 4 is 18.4 Å². The van der Waals surface area contributed by atoms with E-state index in [1.807, 2.05) is 0 Å². The van der Waals surface area contributed by atoms with E-state index >= 15 is 0 Å². The van der Waals surface area contributed by atoms with Crippen LogP contribution in [0.3, 0.4) is 0 Å². The van der Waals surface area contributed by atoms with Crippen LogP contribution in [0.1, 0.15) is 32.1 Å². The van der Waals surface area contributed by atoms with E-state index in [4.69, 9.17) is 5.11 Å². The lowest BCUT2D eigenvalue weighted by Gasteiger charge is -2.24. The molecule has 2 aliphatic rings. The predicted molar refractivity (Wildman–Crippen MR) is 52.2 cm³/mol. The van der Waals surface area contributed by atoms with Crippen LogP contribution in [0, 0.1) is 5.92 Å². The van der Waals surface area contributed by atoms with Gasteiger partial charge in [0.1, 0.15) is 6.04 Å². The molecule has 1 saturated carbocycles. The molecular weight excluding hydrogens is 190 g/mol. The summed E-state index contributed by atoms with van der Waals surface area (Å²) < 4.78 is 0. The average Bonchev–Trinajstić information content (AvgIpc) is 2.46. The third-order valence-corrected chi connectivity index (χ3v) is 3.16. The molecule has 0 aromatic carbocycles. The van der Waals surface area contributed by atoms with E-state index < -0.39 is 5.97 Å². The van der Waals surface area contributed by atoms with Crippen LogP contribution in [-0.4, -0.2) is 23.2 Å². The molecule has 0 aromatic rings. The van der Waals surface area contributed by atoms with Gasteiger partial charge in [-0.05, 0) is 25.2 Å². The van der Waals surface area contributed by atoms with Crippen LogP contribution in [-0.2, 0) is 4.79 Å². The fraction of sp³-hybridized carbons (Fsp3) is 0.889. The van der Waals surface area contributed by atoms with Gasteiger partial charge in [0.05, 0.1) is 0 Å². The maximum atomic E-state index is 10.7. The van der Waals surface area contributed by atoms with E-state index in [1.165, 1.54) is 25.7 Å². The summed E-state index contributed by atoms with van der Waals surface area (Å²) in [5, 5.41) is 12.0. The number of carbonyl (C=O) groups is 1. The monoisotopic (exact) mass is 205 g/mol. The molecule has 3 atom stereocenters. The summed E-state index contributed by atoms with van der Waals surface area (Å²) in [4.78, 5) is 10.7. The third-order valence-electron chi connectivity index (χ3n) is 3.16. The maximum absolute atomic E-state index is 10.7. The molecule has 1 aliphatic heterocycles. The first kappa shape index (κ1) is 10.8. The SMILES string of the molecule is Cl.O=C(O)[C@H]1C[C@H]2CCCC[C@H]2N1. The second-order valence-electron chi connectivity index (χ2n) is 3.94. The summed E-state index contributed by atoms with van der Waals surface area (Å²) >= 11 is 0. The topological polar surface area (TPSA) is 49.3 Å². The summed E-state index contributed by atoms with van der Waals surface area (Å²) in [7, 11) is 0. The van der Waals surface area contributed by atoms with Crippen molar-refractivity contribution in [3.8, 4) is 0 Å². The van der Waals surface area contributed by atoms with Gasteiger partial charge in [-0.25, -0.2) is 0 Å². The van der Waals surface area contributed by atoms with Crippen molar-refractivity contribution in [1.29, 1.82) is 0 Å². The zero-order valence-corrected chi connectivity index (χ0v) is 8.35. The number of aliphatic carboxylic acids is 1. The molecule has 0 amide bonds. The first-order chi connectivity index (χ1) is 5.77. The Morgan fingerprint density at radius 2 is 2.00 bits per heavy atom. The highest BCUT2D eigenvalue weighted by Gasteiger charge is 2.37. The van der Waals surface area contributed by atoms with E-state index in [0.717, 1.165) is 6.42 Å². The minimum atomic E-state index is -0.676. The average molecular weight is 206 g/mol. The van der Waals surface area contributed by atoms with Crippen molar-refractivity contribution in [1.82, 2.24) is 5.32 Å². The first-order valence-corrected chi connectivity index (χ1v) is 4.76. The molecule has 0 aromatic heterocycles. The summed E-state index contributed by atoms with van der Waals surface area (Å²) in [5.41, 5.74) is 0. The molecule has 76 valence electrons. The zero-order chi connectivity index (χ0) is 8.55. The summed E-state index contributed by atoms with van der Waals surface area (Å²) in [6.45, 7) is 0. The highest BCUT2D eigenvalue weighted by Crippen LogP contribution is 2.32. The Kier molecular flexibility index (Phi) is 3.56. The Balaban J connectivity index is 0.000000845. The van der Waals surface area contributed by atoms with Gasteiger partial charge in [-0.15, -0.1) is 12.4 Å². The van der Waals surface area contributed by atoms with Gasteiger partial charge >= 0.3 is 5.97 Å². The van der Waals surface area contributed by atoms with Gasteiger partial charge in [0, 0.05) is 6.04 Å². The highest BCUT2D eigenvalue weighted by atomic mass is 35.5. The number of rotatable bonds is 1. The van der Waals surface area contributed by atoms with Gasteiger partial charge in [0.15, 0.2) is 0 Å². The van der Waals surface area contributed by atoms with Crippen molar-refractivity contribution in [2.75, 3.05) is 0 Å². The molecule has 4 heteroatoms. The first-order valence-electron chi connectivity index (χ1n) is 4.76. The Morgan fingerprint density at radius 1 is 1.31 bits per heavy atom. The van der Waals surface area contributed by atoms with Crippen LogP contribution >= 0.6 is 12.4 Å². The lowest BCUT2D eigenvalue weighted by molar-refractivity contribution is -0.139. The van der Waals surface area contributed by atoms with E-state index in [0.29, 0.717) is 12.0 Å². The molecular formula is C9H16ClNO2. The standard InChI is InChI=1S/C9H15NO2.ClH/c11-9(12)8-5-6-3-1-2-4-7(6)10-8;/h6-8,10H,1-5H2,(H,11,12);1H/t6-,7-,8-;/m1./s1. The van der Waals surface area contributed by atoms with Crippen LogP contribution in [0.2, 0.25) is 0 Å².